The molecule has 0 unspecified atom stereocenters. The molecule has 0 aliphatic carbocycles. The molecule has 3 aromatic heterocycles. The molecule has 0 aromatic carbocycles. The highest BCUT2D eigenvalue weighted by Crippen LogP contribution is 2.24. The van der Waals surface area contributed by atoms with Crippen molar-refractivity contribution in [3.8, 4) is 5.82 Å². The van der Waals surface area contributed by atoms with Gasteiger partial charge >= 0.3 is 0 Å². The van der Waals surface area contributed by atoms with Gasteiger partial charge in [0.15, 0.2) is 21.5 Å². The average Bonchev–Trinajstić information content (AvgIpc) is 3.06. The Balaban J connectivity index is 1.47. The van der Waals surface area contributed by atoms with Gasteiger partial charge in [0, 0.05) is 44.3 Å². The quantitative estimate of drug-likeness (QED) is 0.633. The first kappa shape index (κ1) is 19.3. The van der Waals surface area contributed by atoms with E-state index in [1.807, 2.05) is 36.9 Å². The third-order valence-electron chi connectivity index (χ3n) is 4.92. The second-order valence-corrected chi connectivity index (χ2v) is 9.14. The molecule has 1 aliphatic rings. The number of nitrogens with zero attached hydrogens (tertiary/aromatic N) is 7. The first-order chi connectivity index (χ1) is 13.8. The summed E-state index contributed by atoms with van der Waals surface area (Å²) in [7, 11) is -3.33. The van der Waals surface area contributed by atoms with Crippen LogP contribution in [-0.4, -0.2) is 65.8 Å². The van der Waals surface area contributed by atoms with Crippen LogP contribution in [0.25, 0.3) is 5.82 Å². The minimum Gasteiger partial charge on any atom is -0.352 e. The first-order valence-electron chi connectivity index (χ1n) is 9.35. The molecule has 1 saturated heterocycles. The van der Waals surface area contributed by atoms with Gasteiger partial charge in [-0.1, -0.05) is 0 Å². The molecule has 0 bridgehead atoms. The van der Waals surface area contributed by atoms with E-state index in [9.17, 15) is 8.42 Å². The van der Waals surface area contributed by atoms with Crippen LogP contribution in [-0.2, 0) is 9.84 Å². The third-order valence-corrected chi connectivity index (χ3v) is 6.03. The van der Waals surface area contributed by atoms with Crippen LogP contribution in [0.2, 0.25) is 0 Å². The van der Waals surface area contributed by atoms with Crippen molar-refractivity contribution in [2.45, 2.75) is 18.7 Å². The zero-order valence-corrected chi connectivity index (χ0v) is 17.5. The molecular weight excluding hydrogens is 390 g/mol. The molecule has 1 aliphatic heterocycles. The van der Waals surface area contributed by atoms with Gasteiger partial charge in [-0.25, -0.2) is 18.1 Å². The van der Waals surface area contributed by atoms with Gasteiger partial charge in [-0.3, -0.25) is 0 Å². The Morgan fingerprint density at radius 2 is 1.59 bits per heavy atom. The number of hydrogen-bond acceptors (Lipinski definition) is 8. The van der Waals surface area contributed by atoms with Crippen LogP contribution < -0.4 is 9.80 Å². The number of pyridine rings is 1. The van der Waals surface area contributed by atoms with Crippen LogP contribution in [0.4, 0.5) is 11.6 Å². The molecule has 9 nitrogen and oxygen atoms in total. The van der Waals surface area contributed by atoms with Gasteiger partial charge in [0.2, 0.25) is 0 Å². The molecule has 0 N–H and O–H groups in total. The molecule has 4 heterocycles. The Kier molecular flexibility index (Phi) is 4.95. The van der Waals surface area contributed by atoms with E-state index in [4.69, 9.17) is 0 Å². The lowest BCUT2D eigenvalue weighted by Crippen LogP contribution is -2.47. The Labute approximate surface area is 169 Å². The van der Waals surface area contributed by atoms with Gasteiger partial charge < -0.3 is 9.80 Å². The highest BCUT2D eigenvalue weighted by atomic mass is 32.2. The van der Waals surface area contributed by atoms with Crippen LogP contribution in [0.3, 0.4) is 0 Å². The van der Waals surface area contributed by atoms with Crippen molar-refractivity contribution in [2.24, 2.45) is 0 Å². The molecule has 4 rings (SSSR count). The molecule has 0 amide bonds. The molecule has 29 heavy (non-hydrogen) atoms. The van der Waals surface area contributed by atoms with E-state index in [0.29, 0.717) is 37.8 Å². The number of rotatable bonds is 4. The van der Waals surface area contributed by atoms with E-state index in [-0.39, 0.29) is 4.90 Å². The summed E-state index contributed by atoms with van der Waals surface area (Å²) in [6.45, 7) is 6.64. The van der Waals surface area contributed by atoms with E-state index < -0.39 is 9.84 Å². The number of sulfone groups is 1. The minimum absolute atomic E-state index is 0.266. The Bertz CT molecular complexity index is 1120. The highest BCUT2D eigenvalue weighted by molar-refractivity contribution is 7.90. The maximum Gasteiger partial charge on any atom is 0.179 e. The summed E-state index contributed by atoms with van der Waals surface area (Å²) < 4.78 is 25.9. The lowest BCUT2D eigenvalue weighted by Gasteiger charge is -2.36. The smallest absolute Gasteiger partial charge is 0.179 e. The zero-order valence-electron chi connectivity index (χ0n) is 16.6. The molecule has 0 saturated carbocycles. The van der Waals surface area contributed by atoms with Gasteiger partial charge in [0.05, 0.1) is 5.69 Å². The summed E-state index contributed by atoms with van der Waals surface area (Å²) in [5, 5.41) is 13.1. The highest BCUT2D eigenvalue weighted by Gasteiger charge is 2.24. The SMILES string of the molecule is Cc1cc(C)n(-c2ccc(N3CCN(c4ncccc4S(C)(=O)=O)CC3)nn2)n1. The number of anilines is 2. The zero-order chi connectivity index (χ0) is 20.6. The van der Waals surface area contributed by atoms with Crippen molar-refractivity contribution in [3.63, 3.8) is 0 Å². The van der Waals surface area contributed by atoms with Crippen LogP contribution in [0.1, 0.15) is 11.4 Å². The first-order valence-corrected chi connectivity index (χ1v) is 11.2. The predicted octanol–water partition coefficient (Wildman–Crippen LogP) is 1.40. The van der Waals surface area contributed by atoms with Crippen LogP contribution in [0.5, 0.6) is 0 Å². The second kappa shape index (κ2) is 7.43. The van der Waals surface area contributed by atoms with E-state index in [1.165, 1.54) is 6.26 Å². The fourth-order valence-corrected chi connectivity index (χ4v) is 4.36. The topological polar surface area (TPSA) is 97.1 Å². The Morgan fingerprint density at radius 3 is 2.17 bits per heavy atom. The fourth-order valence-electron chi connectivity index (χ4n) is 3.52. The van der Waals surface area contributed by atoms with Gasteiger partial charge in [-0.2, -0.15) is 5.10 Å². The van der Waals surface area contributed by atoms with Crippen LogP contribution in [0.15, 0.2) is 41.4 Å². The predicted molar refractivity (Wildman–Crippen MR) is 110 cm³/mol. The Morgan fingerprint density at radius 1 is 0.931 bits per heavy atom. The molecule has 0 spiro atoms. The molecule has 0 radical (unpaired) electrons. The maximum absolute atomic E-state index is 12.1. The Hall–Kier alpha value is -3.01. The third kappa shape index (κ3) is 3.93. The largest absolute Gasteiger partial charge is 0.352 e. The number of aryl methyl sites for hydroxylation is 2. The van der Waals surface area contributed by atoms with E-state index in [1.54, 1.807) is 23.0 Å². The van der Waals surface area contributed by atoms with Crippen molar-refractivity contribution in [1.82, 2.24) is 25.0 Å². The molecule has 10 heteroatoms. The molecular formula is C19H23N7O2S. The van der Waals surface area contributed by atoms with Crippen molar-refractivity contribution in [1.29, 1.82) is 0 Å². The monoisotopic (exact) mass is 413 g/mol. The molecule has 152 valence electrons. The summed E-state index contributed by atoms with van der Waals surface area (Å²) in [6, 6.07) is 9.10. The maximum atomic E-state index is 12.1. The number of aromatic nitrogens is 5. The standard InChI is InChI=1S/C19H23N7O2S/c1-14-13-15(2)26(23-14)18-7-6-17(21-22-18)24-9-11-25(12-10-24)19-16(29(3,27)28)5-4-8-20-19/h4-8,13H,9-12H2,1-3H3. The lowest BCUT2D eigenvalue weighted by molar-refractivity contribution is 0.597. The van der Waals surface area contributed by atoms with Crippen molar-refractivity contribution >= 4 is 21.5 Å². The van der Waals surface area contributed by atoms with Crippen molar-refractivity contribution < 1.29 is 8.42 Å². The van der Waals surface area contributed by atoms with Crippen LogP contribution in [0, 0.1) is 13.8 Å². The summed E-state index contributed by atoms with van der Waals surface area (Å²) in [4.78, 5) is 8.72. The van der Waals surface area contributed by atoms with Gasteiger partial charge in [-0.15, -0.1) is 10.2 Å². The molecule has 0 atom stereocenters. The fraction of sp³-hybridized carbons (Fsp3) is 0.368. The van der Waals surface area contributed by atoms with Gasteiger partial charge in [0.25, 0.3) is 0 Å². The molecule has 3 aromatic rings. The number of hydrogen-bond donors (Lipinski definition) is 0. The van der Waals surface area contributed by atoms with Crippen molar-refractivity contribution in [3.05, 3.63) is 47.9 Å². The van der Waals surface area contributed by atoms with E-state index in [2.05, 4.69) is 25.2 Å². The summed E-state index contributed by atoms with van der Waals surface area (Å²) in [5.74, 6) is 1.99. The van der Waals surface area contributed by atoms with Gasteiger partial charge in [0.1, 0.15) is 10.7 Å². The van der Waals surface area contributed by atoms with E-state index >= 15 is 0 Å². The second-order valence-electron chi connectivity index (χ2n) is 7.16. The minimum atomic E-state index is -3.33. The summed E-state index contributed by atoms with van der Waals surface area (Å²) in [6.07, 6.45) is 2.84. The van der Waals surface area contributed by atoms with Crippen LogP contribution >= 0.6 is 0 Å². The van der Waals surface area contributed by atoms with Crippen molar-refractivity contribution in [2.75, 3.05) is 42.2 Å². The number of piperazine rings is 1. The lowest BCUT2D eigenvalue weighted by atomic mass is 10.3. The van der Waals surface area contributed by atoms with E-state index in [0.717, 1.165) is 17.2 Å². The van der Waals surface area contributed by atoms with Gasteiger partial charge in [-0.05, 0) is 44.2 Å². The summed E-state index contributed by atoms with van der Waals surface area (Å²) >= 11 is 0. The molecule has 1 fully saturated rings. The summed E-state index contributed by atoms with van der Waals surface area (Å²) in [5.41, 5.74) is 1.95. The normalized spacial score (nSPS) is 15.0. The average molecular weight is 414 g/mol.